The first kappa shape index (κ1) is 15.7. The van der Waals surface area contributed by atoms with Crippen molar-refractivity contribution in [3.63, 3.8) is 0 Å². The van der Waals surface area contributed by atoms with Gasteiger partial charge in [-0.05, 0) is 60.1 Å². The molecule has 1 N–H and O–H groups in total. The number of hydrogen-bond donors (Lipinski definition) is 1. The van der Waals surface area contributed by atoms with Gasteiger partial charge in [-0.25, -0.2) is 0 Å². The minimum absolute atomic E-state index is 0.176. The van der Waals surface area contributed by atoms with Crippen molar-refractivity contribution in [3.05, 3.63) is 28.2 Å². The van der Waals surface area contributed by atoms with Crippen LogP contribution in [0.1, 0.15) is 18.4 Å². The Balaban J connectivity index is 1.97. The first-order chi connectivity index (χ1) is 9.58. The Hall–Kier alpha value is -0.720. The largest absolute Gasteiger partial charge is 0.434 e. The molecule has 0 radical (unpaired) electrons. The number of piperidine rings is 1. The van der Waals surface area contributed by atoms with E-state index in [-0.39, 0.29) is 5.75 Å². The van der Waals surface area contributed by atoms with Crippen molar-refractivity contribution in [1.29, 1.82) is 0 Å². The molecule has 1 fully saturated rings. The molecule has 0 amide bonds. The van der Waals surface area contributed by atoms with Crippen molar-refractivity contribution >= 4 is 15.9 Å². The van der Waals surface area contributed by atoms with Crippen molar-refractivity contribution in [3.8, 4) is 5.75 Å². The molecule has 1 unspecified atom stereocenters. The zero-order valence-corrected chi connectivity index (χ0v) is 13.0. The number of nitrogens with zero attached hydrogens (tertiary/aromatic N) is 1. The second-order valence-electron chi connectivity index (χ2n) is 5.01. The molecule has 1 aromatic carbocycles. The van der Waals surface area contributed by atoms with Crippen molar-refractivity contribution in [2.75, 3.05) is 20.1 Å². The van der Waals surface area contributed by atoms with Crippen LogP contribution in [0.4, 0.5) is 8.78 Å². The van der Waals surface area contributed by atoms with Gasteiger partial charge in [0.15, 0.2) is 0 Å². The van der Waals surface area contributed by atoms with Gasteiger partial charge in [-0.1, -0.05) is 6.07 Å². The maximum atomic E-state index is 12.2. The molecular weight excluding hydrogens is 330 g/mol. The summed E-state index contributed by atoms with van der Waals surface area (Å²) >= 11 is 3.28. The Morgan fingerprint density at radius 1 is 1.50 bits per heavy atom. The highest BCUT2D eigenvalue weighted by Crippen LogP contribution is 2.28. The van der Waals surface area contributed by atoms with E-state index in [0.717, 1.165) is 25.2 Å². The molecule has 1 aliphatic heterocycles. The summed E-state index contributed by atoms with van der Waals surface area (Å²) in [7, 11) is 1.99. The Bertz CT molecular complexity index is 445. The second kappa shape index (κ2) is 7.33. The molecule has 20 heavy (non-hydrogen) atoms. The molecule has 0 bridgehead atoms. The van der Waals surface area contributed by atoms with Crippen LogP contribution < -0.4 is 10.1 Å². The van der Waals surface area contributed by atoms with Crippen LogP contribution >= 0.6 is 15.9 Å². The smallest absolute Gasteiger partial charge is 0.387 e. The van der Waals surface area contributed by atoms with E-state index in [2.05, 4.69) is 30.9 Å². The third-order valence-electron chi connectivity index (χ3n) is 3.53. The standard InChI is InChI=1S/C14H19BrF2N2O/c1-18-11-3-2-6-19(9-11)8-10-4-5-13(12(15)7-10)20-14(16)17/h4-5,7,11,14,18H,2-3,6,8-9H2,1H3. The van der Waals surface area contributed by atoms with Gasteiger partial charge >= 0.3 is 6.61 Å². The summed E-state index contributed by atoms with van der Waals surface area (Å²) in [6, 6.07) is 5.81. The average molecular weight is 349 g/mol. The summed E-state index contributed by atoms with van der Waals surface area (Å²) < 4.78 is 29.4. The summed E-state index contributed by atoms with van der Waals surface area (Å²) in [4.78, 5) is 2.38. The van der Waals surface area contributed by atoms with Crippen molar-refractivity contribution in [1.82, 2.24) is 10.2 Å². The molecule has 0 aromatic heterocycles. The zero-order chi connectivity index (χ0) is 14.5. The van der Waals surface area contributed by atoms with Crippen LogP contribution in [0, 0.1) is 0 Å². The summed E-state index contributed by atoms with van der Waals surface area (Å²) in [5.74, 6) is 0.176. The van der Waals surface area contributed by atoms with Gasteiger partial charge in [0.2, 0.25) is 0 Å². The van der Waals surface area contributed by atoms with Crippen molar-refractivity contribution in [2.45, 2.75) is 32.0 Å². The van der Waals surface area contributed by atoms with Crippen LogP contribution in [0.5, 0.6) is 5.75 Å². The fraction of sp³-hybridized carbons (Fsp3) is 0.571. The highest BCUT2D eigenvalue weighted by atomic mass is 79.9. The molecule has 1 atom stereocenters. The quantitative estimate of drug-likeness (QED) is 0.883. The van der Waals surface area contributed by atoms with Crippen LogP contribution in [0.2, 0.25) is 0 Å². The maximum Gasteiger partial charge on any atom is 0.387 e. The number of likely N-dealkylation sites (N-methyl/N-ethyl adjacent to an activating group) is 1. The van der Waals surface area contributed by atoms with Gasteiger partial charge in [0.1, 0.15) is 5.75 Å². The van der Waals surface area contributed by atoms with E-state index in [1.165, 1.54) is 12.8 Å². The van der Waals surface area contributed by atoms with Crippen LogP contribution in [0.15, 0.2) is 22.7 Å². The highest BCUT2D eigenvalue weighted by molar-refractivity contribution is 9.10. The molecule has 1 saturated heterocycles. The van der Waals surface area contributed by atoms with E-state index in [1.54, 1.807) is 6.07 Å². The van der Waals surface area contributed by atoms with Gasteiger partial charge in [-0.3, -0.25) is 4.90 Å². The van der Waals surface area contributed by atoms with Crippen molar-refractivity contribution in [2.24, 2.45) is 0 Å². The molecule has 1 heterocycles. The normalized spacial score (nSPS) is 20.4. The molecule has 0 aliphatic carbocycles. The number of ether oxygens (including phenoxy) is 1. The summed E-state index contributed by atoms with van der Waals surface area (Å²) in [6.45, 7) is 0.121. The molecule has 0 spiro atoms. The molecule has 1 aliphatic rings. The predicted molar refractivity (Wildman–Crippen MR) is 78.1 cm³/mol. The van der Waals surface area contributed by atoms with Crippen molar-refractivity contribution < 1.29 is 13.5 Å². The van der Waals surface area contributed by atoms with Crippen LogP contribution in [-0.2, 0) is 6.54 Å². The molecule has 2 rings (SSSR count). The minimum Gasteiger partial charge on any atom is -0.434 e. The van der Waals surface area contributed by atoms with Crippen LogP contribution in [0.3, 0.4) is 0 Å². The van der Waals surface area contributed by atoms with Gasteiger partial charge < -0.3 is 10.1 Å². The molecular formula is C14H19BrF2N2O. The monoisotopic (exact) mass is 348 g/mol. The number of nitrogens with one attached hydrogen (secondary N) is 1. The average Bonchev–Trinajstić information content (AvgIpc) is 2.42. The van der Waals surface area contributed by atoms with Gasteiger partial charge in [-0.15, -0.1) is 0 Å². The lowest BCUT2D eigenvalue weighted by molar-refractivity contribution is -0.0503. The van der Waals surface area contributed by atoms with Gasteiger partial charge in [0, 0.05) is 19.1 Å². The first-order valence-electron chi connectivity index (χ1n) is 6.71. The fourth-order valence-electron chi connectivity index (χ4n) is 2.53. The highest BCUT2D eigenvalue weighted by Gasteiger charge is 2.18. The number of rotatable bonds is 5. The third-order valence-corrected chi connectivity index (χ3v) is 4.15. The molecule has 1 aromatic rings. The molecule has 3 nitrogen and oxygen atoms in total. The lowest BCUT2D eigenvalue weighted by atomic mass is 10.1. The van der Waals surface area contributed by atoms with Gasteiger partial charge in [-0.2, -0.15) is 8.78 Å². The Kier molecular flexibility index (Phi) is 5.74. The third kappa shape index (κ3) is 4.40. The number of likely N-dealkylation sites (tertiary alicyclic amines) is 1. The SMILES string of the molecule is CNC1CCCN(Cc2ccc(OC(F)F)c(Br)c2)C1. The Morgan fingerprint density at radius 3 is 2.95 bits per heavy atom. The lowest BCUT2D eigenvalue weighted by Gasteiger charge is -2.32. The zero-order valence-electron chi connectivity index (χ0n) is 11.4. The maximum absolute atomic E-state index is 12.2. The summed E-state index contributed by atoms with van der Waals surface area (Å²) in [5.41, 5.74) is 1.09. The molecule has 0 saturated carbocycles. The number of benzene rings is 1. The fourth-order valence-corrected chi connectivity index (χ4v) is 3.05. The number of alkyl halides is 2. The van der Waals surface area contributed by atoms with E-state index in [4.69, 9.17) is 0 Å². The number of hydrogen-bond acceptors (Lipinski definition) is 3. The van der Waals surface area contributed by atoms with E-state index >= 15 is 0 Å². The topological polar surface area (TPSA) is 24.5 Å². The van der Waals surface area contributed by atoms with Gasteiger partial charge in [0.05, 0.1) is 4.47 Å². The predicted octanol–water partition coefficient (Wildman–Crippen LogP) is 3.23. The lowest BCUT2D eigenvalue weighted by Crippen LogP contribution is -2.43. The van der Waals surface area contributed by atoms with Crippen LogP contribution in [0.25, 0.3) is 0 Å². The molecule has 6 heteroatoms. The van der Waals surface area contributed by atoms with E-state index in [0.29, 0.717) is 10.5 Å². The summed E-state index contributed by atoms with van der Waals surface area (Å²) in [6.07, 6.45) is 2.39. The van der Waals surface area contributed by atoms with E-state index < -0.39 is 6.61 Å². The van der Waals surface area contributed by atoms with Crippen LogP contribution in [-0.4, -0.2) is 37.7 Å². The first-order valence-corrected chi connectivity index (χ1v) is 7.50. The van der Waals surface area contributed by atoms with Gasteiger partial charge in [0.25, 0.3) is 0 Å². The number of halogens is 3. The second-order valence-corrected chi connectivity index (χ2v) is 5.86. The Morgan fingerprint density at radius 2 is 2.30 bits per heavy atom. The minimum atomic E-state index is -2.80. The Labute approximate surface area is 126 Å². The van der Waals surface area contributed by atoms with E-state index in [1.807, 2.05) is 19.2 Å². The van der Waals surface area contributed by atoms with E-state index in [9.17, 15) is 8.78 Å². The molecule has 112 valence electrons. The summed E-state index contributed by atoms with van der Waals surface area (Å²) in [5, 5.41) is 3.31.